The Kier molecular flexibility index (Phi) is 5.94. The third kappa shape index (κ3) is 4.43. The van der Waals surface area contributed by atoms with E-state index in [1.54, 1.807) is 37.5 Å². The molecule has 2 heterocycles. The lowest BCUT2D eigenvalue weighted by molar-refractivity contribution is 0.0837. The maximum absolute atomic E-state index is 14.4. The highest BCUT2D eigenvalue weighted by Gasteiger charge is 2.29. The van der Waals surface area contributed by atoms with Gasteiger partial charge in [0.2, 0.25) is 5.88 Å². The van der Waals surface area contributed by atoms with Gasteiger partial charge in [0.05, 0.1) is 5.69 Å². The van der Waals surface area contributed by atoms with Crippen LogP contribution in [0.15, 0.2) is 41.0 Å². The maximum Gasteiger partial charge on any atom is 0.233 e. The number of hydrogen-bond donors (Lipinski definition) is 2. The summed E-state index contributed by atoms with van der Waals surface area (Å²) in [5.74, 6) is 0.887. The van der Waals surface area contributed by atoms with E-state index in [0.29, 0.717) is 35.7 Å². The van der Waals surface area contributed by atoms with Crippen LogP contribution in [0.5, 0.6) is 11.6 Å². The molecule has 2 N–H and O–H groups in total. The van der Waals surface area contributed by atoms with Crippen molar-refractivity contribution in [2.75, 3.05) is 7.05 Å². The molecule has 2 aromatic heterocycles. The average Bonchev–Trinajstić information content (AvgIpc) is 3.10. The number of rotatable bonds is 5. The van der Waals surface area contributed by atoms with E-state index in [4.69, 9.17) is 9.15 Å². The zero-order valence-electron chi connectivity index (χ0n) is 17.0. The minimum Gasteiger partial charge on any atom is -0.507 e. The summed E-state index contributed by atoms with van der Waals surface area (Å²) in [5, 5.41) is 21.9. The van der Waals surface area contributed by atoms with Crippen molar-refractivity contribution in [3.05, 3.63) is 42.5 Å². The SMILES string of the molecule is CNC1CCCC(F)[C@@H](Oc2ccc(-c3ccc(-c4coc(C)n4)cc3O)nn2)C1. The van der Waals surface area contributed by atoms with Gasteiger partial charge in [-0.25, -0.2) is 9.37 Å². The van der Waals surface area contributed by atoms with Crippen molar-refractivity contribution in [3.8, 4) is 34.1 Å². The fourth-order valence-corrected chi connectivity index (χ4v) is 3.76. The Morgan fingerprint density at radius 1 is 1.17 bits per heavy atom. The first-order valence-electron chi connectivity index (χ1n) is 10.1. The first kappa shape index (κ1) is 20.3. The molecule has 1 aliphatic rings. The number of aromatic nitrogens is 3. The third-order valence-electron chi connectivity index (χ3n) is 5.46. The van der Waals surface area contributed by atoms with Crippen molar-refractivity contribution < 1.29 is 18.7 Å². The number of hydrogen-bond acceptors (Lipinski definition) is 7. The predicted octanol–water partition coefficient (Wildman–Crippen LogP) is 4.06. The molecule has 0 spiro atoms. The smallest absolute Gasteiger partial charge is 0.233 e. The first-order valence-corrected chi connectivity index (χ1v) is 10.1. The summed E-state index contributed by atoms with van der Waals surface area (Å²) >= 11 is 0. The Bertz CT molecular complexity index is 992. The second kappa shape index (κ2) is 8.79. The molecule has 1 aliphatic carbocycles. The molecular formula is C22H25FN4O3. The summed E-state index contributed by atoms with van der Waals surface area (Å²) in [6.07, 6.45) is 2.81. The van der Waals surface area contributed by atoms with E-state index >= 15 is 0 Å². The quantitative estimate of drug-likeness (QED) is 0.611. The monoisotopic (exact) mass is 412 g/mol. The summed E-state index contributed by atoms with van der Waals surface area (Å²) in [6, 6.07) is 8.77. The van der Waals surface area contributed by atoms with Gasteiger partial charge in [-0.3, -0.25) is 0 Å². The Labute approximate surface area is 174 Å². The summed E-state index contributed by atoms with van der Waals surface area (Å²) in [4.78, 5) is 4.26. The molecule has 158 valence electrons. The summed E-state index contributed by atoms with van der Waals surface area (Å²) in [5.41, 5.74) is 2.41. The lowest BCUT2D eigenvalue weighted by Crippen LogP contribution is -2.35. The number of aromatic hydroxyl groups is 1. The van der Waals surface area contributed by atoms with Crippen LogP contribution in [-0.2, 0) is 0 Å². The highest BCUT2D eigenvalue weighted by molar-refractivity contribution is 5.72. The molecule has 0 bridgehead atoms. The lowest BCUT2D eigenvalue weighted by atomic mass is 10.1. The minimum atomic E-state index is -1.03. The highest BCUT2D eigenvalue weighted by atomic mass is 19.1. The molecule has 2 unspecified atom stereocenters. The molecule has 30 heavy (non-hydrogen) atoms. The van der Waals surface area contributed by atoms with Crippen molar-refractivity contribution in [2.24, 2.45) is 0 Å². The minimum absolute atomic E-state index is 0.0561. The second-order valence-electron chi connectivity index (χ2n) is 7.57. The molecule has 8 heteroatoms. The normalized spacial score (nSPS) is 21.9. The number of phenolic OH excluding ortho intramolecular Hbond substituents is 1. The van der Waals surface area contributed by atoms with Crippen LogP contribution >= 0.6 is 0 Å². The van der Waals surface area contributed by atoms with E-state index in [9.17, 15) is 9.50 Å². The fraction of sp³-hybridized carbons (Fsp3) is 0.409. The van der Waals surface area contributed by atoms with E-state index < -0.39 is 12.3 Å². The number of halogens is 1. The van der Waals surface area contributed by atoms with Gasteiger partial charge in [-0.2, -0.15) is 0 Å². The third-order valence-corrected chi connectivity index (χ3v) is 5.46. The Morgan fingerprint density at radius 3 is 2.70 bits per heavy atom. The predicted molar refractivity (Wildman–Crippen MR) is 110 cm³/mol. The van der Waals surface area contributed by atoms with E-state index in [-0.39, 0.29) is 17.7 Å². The zero-order valence-corrected chi connectivity index (χ0v) is 17.0. The Morgan fingerprint density at radius 2 is 2.03 bits per heavy atom. The largest absolute Gasteiger partial charge is 0.507 e. The molecule has 0 radical (unpaired) electrons. The van der Waals surface area contributed by atoms with Crippen LogP contribution in [0.25, 0.3) is 22.5 Å². The van der Waals surface area contributed by atoms with Crippen LogP contribution in [0.2, 0.25) is 0 Å². The van der Waals surface area contributed by atoms with Crippen LogP contribution in [-0.4, -0.2) is 45.7 Å². The standard InChI is InChI=1S/C22H25FN4O3/c1-13-25-19(12-29-13)14-6-7-16(20(28)10-14)18-8-9-22(27-26-18)30-21-11-15(24-2)4-3-5-17(21)23/h6-10,12,15,17,21,24,28H,3-5,11H2,1-2H3/t15?,17?,21-/m0/s1. The molecule has 4 rings (SSSR count). The van der Waals surface area contributed by atoms with E-state index in [0.717, 1.165) is 18.4 Å². The molecule has 7 nitrogen and oxygen atoms in total. The molecular weight excluding hydrogens is 387 g/mol. The van der Waals surface area contributed by atoms with Crippen molar-refractivity contribution in [3.63, 3.8) is 0 Å². The number of benzene rings is 1. The van der Waals surface area contributed by atoms with Crippen LogP contribution < -0.4 is 10.1 Å². The first-order chi connectivity index (χ1) is 14.5. The van der Waals surface area contributed by atoms with Crippen molar-refractivity contribution in [1.29, 1.82) is 0 Å². The van der Waals surface area contributed by atoms with Gasteiger partial charge in [-0.1, -0.05) is 6.07 Å². The Balaban J connectivity index is 1.49. The molecule has 3 atom stereocenters. The molecule has 3 aromatic rings. The van der Waals surface area contributed by atoms with Gasteiger partial charge in [0, 0.05) is 36.6 Å². The van der Waals surface area contributed by atoms with E-state index in [1.165, 1.54) is 0 Å². The number of aryl methyl sites for hydroxylation is 1. The Hall–Kier alpha value is -3.00. The van der Waals surface area contributed by atoms with Gasteiger partial charge in [-0.15, -0.1) is 10.2 Å². The summed E-state index contributed by atoms with van der Waals surface area (Å²) in [6.45, 7) is 1.76. The molecule has 0 aliphatic heterocycles. The molecule has 1 aromatic carbocycles. The average molecular weight is 412 g/mol. The molecule has 1 fully saturated rings. The van der Waals surface area contributed by atoms with Crippen molar-refractivity contribution in [1.82, 2.24) is 20.5 Å². The molecule has 1 saturated carbocycles. The van der Waals surface area contributed by atoms with E-state index in [2.05, 4.69) is 20.5 Å². The summed E-state index contributed by atoms with van der Waals surface area (Å²) < 4.78 is 25.5. The molecule has 0 saturated heterocycles. The lowest BCUT2D eigenvalue weighted by Gasteiger charge is -2.22. The highest BCUT2D eigenvalue weighted by Crippen LogP contribution is 2.32. The van der Waals surface area contributed by atoms with Crippen molar-refractivity contribution in [2.45, 2.75) is 50.9 Å². The summed E-state index contributed by atoms with van der Waals surface area (Å²) in [7, 11) is 1.89. The van der Waals surface area contributed by atoms with Gasteiger partial charge in [-0.05, 0) is 44.5 Å². The van der Waals surface area contributed by atoms with Gasteiger partial charge in [0.1, 0.15) is 30.0 Å². The van der Waals surface area contributed by atoms with Crippen LogP contribution in [0.4, 0.5) is 4.39 Å². The van der Waals surface area contributed by atoms with Crippen LogP contribution in [0, 0.1) is 6.92 Å². The van der Waals surface area contributed by atoms with Crippen molar-refractivity contribution >= 4 is 0 Å². The van der Waals surface area contributed by atoms with Gasteiger partial charge in [0.15, 0.2) is 5.89 Å². The topological polar surface area (TPSA) is 93.3 Å². The number of nitrogens with one attached hydrogen (secondary N) is 1. The fourth-order valence-electron chi connectivity index (χ4n) is 3.76. The van der Waals surface area contributed by atoms with Gasteiger partial charge >= 0.3 is 0 Å². The van der Waals surface area contributed by atoms with Gasteiger partial charge in [0.25, 0.3) is 0 Å². The second-order valence-corrected chi connectivity index (χ2v) is 7.57. The number of oxazole rings is 1. The maximum atomic E-state index is 14.4. The van der Waals surface area contributed by atoms with Gasteiger partial charge < -0.3 is 19.6 Å². The number of nitrogens with zero attached hydrogens (tertiary/aromatic N) is 3. The zero-order chi connectivity index (χ0) is 21.1. The van der Waals surface area contributed by atoms with Crippen LogP contribution in [0.1, 0.15) is 31.6 Å². The molecule has 0 amide bonds. The number of alkyl halides is 1. The van der Waals surface area contributed by atoms with E-state index in [1.807, 2.05) is 13.1 Å². The number of ether oxygens (including phenoxy) is 1. The number of phenols is 1. The van der Waals surface area contributed by atoms with Crippen LogP contribution in [0.3, 0.4) is 0 Å².